The van der Waals surface area contributed by atoms with E-state index in [0.717, 1.165) is 12.0 Å². The third-order valence-electron chi connectivity index (χ3n) is 4.26. The van der Waals surface area contributed by atoms with Crippen LogP contribution in [0.1, 0.15) is 56.6 Å². The van der Waals surface area contributed by atoms with Gasteiger partial charge >= 0.3 is 0 Å². The topological polar surface area (TPSA) is 23.8 Å². The molecule has 0 saturated heterocycles. The lowest BCUT2D eigenvalue weighted by molar-refractivity contribution is 0.577. The molecule has 126 valence electrons. The van der Waals surface area contributed by atoms with E-state index in [0.29, 0.717) is 5.56 Å². The molecule has 0 heterocycles. The van der Waals surface area contributed by atoms with Crippen molar-refractivity contribution in [1.82, 2.24) is 0 Å². The maximum atomic E-state index is 13.7. The average Bonchev–Trinajstić information content (AvgIpc) is 2.58. The number of rotatable bonds is 8. The minimum absolute atomic E-state index is 0.454. The van der Waals surface area contributed by atoms with Crippen LogP contribution in [0.2, 0.25) is 0 Å². The van der Waals surface area contributed by atoms with Gasteiger partial charge in [0.25, 0.3) is 0 Å². The average molecular weight is 327 g/mol. The molecule has 1 nitrogen and oxygen atoms in total. The summed E-state index contributed by atoms with van der Waals surface area (Å²) in [6.07, 6.45) is 8.62. The number of nitriles is 1. The van der Waals surface area contributed by atoms with Crippen molar-refractivity contribution in [2.24, 2.45) is 0 Å². The van der Waals surface area contributed by atoms with Gasteiger partial charge in [-0.1, -0.05) is 63.3 Å². The summed E-state index contributed by atoms with van der Waals surface area (Å²) in [6.45, 7) is 2.22. The van der Waals surface area contributed by atoms with E-state index in [2.05, 4.69) is 6.92 Å². The first kappa shape index (κ1) is 18.1. The van der Waals surface area contributed by atoms with E-state index in [1.165, 1.54) is 56.2 Å². The maximum absolute atomic E-state index is 13.7. The summed E-state index contributed by atoms with van der Waals surface area (Å²) in [6, 6.07) is 11.7. The lowest BCUT2D eigenvalue weighted by Crippen LogP contribution is -1.92. The number of hydrogen-bond donors (Lipinski definition) is 0. The van der Waals surface area contributed by atoms with Crippen molar-refractivity contribution in [3.05, 3.63) is 59.2 Å². The molecule has 0 atom stereocenters. The third kappa shape index (κ3) is 4.89. The highest BCUT2D eigenvalue weighted by Gasteiger charge is 2.11. The molecule has 0 aliphatic carbocycles. The molecule has 0 radical (unpaired) electrons. The van der Waals surface area contributed by atoms with Crippen LogP contribution in [0.15, 0.2) is 36.4 Å². The Morgan fingerprint density at radius 1 is 0.833 bits per heavy atom. The highest BCUT2D eigenvalue weighted by atomic mass is 19.1. The second kappa shape index (κ2) is 9.17. The quantitative estimate of drug-likeness (QED) is 0.514. The molecular formula is C21H23F2N. The number of halogens is 2. The van der Waals surface area contributed by atoms with Gasteiger partial charge in [-0.25, -0.2) is 8.78 Å². The van der Waals surface area contributed by atoms with Crippen LogP contribution in [0.4, 0.5) is 8.78 Å². The minimum atomic E-state index is -0.816. The van der Waals surface area contributed by atoms with E-state index in [4.69, 9.17) is 5.26 Å². The number of unbranched alkanes of at least 4 members (excludes halogenated alkanes) is 5. The maximum Gasteiger partial charge on any atom is 0.144 e. The minimum Gasteiger partial charge on any atom is -0.205 e. The Morgan fingerprint density at radius 2 is 1.42 bits per heavy atom. The van der Waals surface area contributed by atoms with Crippen LogP contribution in [0.25, 0.3) is 11.1 Å². The molecule has 0 amide bonds. The van der Waals surface area contributed by atoms with E-state index in [1.54, 1.807) is 6.07 Å². The van der Waals surface area contributed by atoms with Gasteiger partial charge < -0.3 is 0 Å². The summed E-state index contributed by atoms with van der Waals surface area (Å²) >= 11 is 0. The van der Waals surface area contributed by atoms with E-state index >= 15 is 0 Å². The fourth-order valence-corrected chi connectivity index (χ4v) is 2.82. The second-order valence-electron chi connectivity index (χ2n) is 6.14. The molecule has 2 rings (SSSR count). The van der Waals surface area contributed by atoms with Gasteiger partial charge in [0.15, 0.2) is 0 Å². The van der Waals surface area contributed by atoms with Crippen molar-refractivity contribution >= 4 is 0 Å². The Kier molecular flexibility index (Phi) is 6.93. The van der Waals surface area contributed by atoms with Gasteiger partial charge in [-0.15, -0.1) is 0 Å². The van der Waals surface area contributed by atoms with Crippen LogP contribution < -0.4 is 0 Å². The molecule has 0 N–H and O–H groups in total. The zero-order valence-corrected chi connectivity index (χ0v) is 14.1. The summed E-state index contributed by atoms with van der Waals surface area (Å²) in [4.78, 5) is 0. The van der Waals surface area contributed by atoms with Crippen molar-refractivity contribution < 1.29 is 8.78 Å². The Labute approximate surface area is 142 Å². The van der Waals surface area contributed by atoms with Gasteiger partial charge in [-0.05, 0) is 41.7 Å². The van der Waals surface area contributed by atoms with Crippen molar-refractivity contribution in [3.8, 4) is 17.2 Å². The molecule has 0 aliphatic rings. The second-order valence-corrected chi connectivity index (χ2v) is 6.14. The Balaban J connectivity index is 1.96. The van der Waals surface area contributed by atoms with Crippen molar-refractivity contribution in [2.75, 3.05) is 0 Å². The number of benzene rings is 2. The summed E-state index contributed by atoms with van der Waals surface area (Å²) < 4.78 is 27.4. The molecule has 0 unspecified atom stereocenters. The molecule has 0 spiro atoms. The predicted molar refractivity (Wildman–Crippen MR) is 93.6 cm³/mol. The van der Waals surface area contributed by atoms with Crippen LogP contribution >= 0.6 is 0 Å². The van der Waals surface area contributed by atoms with E-state index in [1.807, 2.05) is 24.3 Å². The summed E-state index contributed by atoms with van der Waals surface area (Å²) in [7, 11) is 0. The van der Waals surface area contributed by atoms with Crippen LogP contribution in [0, 0.1) is 23.0 Å². The molecule has 0 aliphatic heterocycles. The SMILES string of the molecule is CCCCCCCCc1ccc(-c2cc(F)c(C#N)c(F)c2)cc1. The molecule has 0 fully saturated rings. The van der Waals surface area contributed by atoms with E-state index in [9.17, 15) is 8.78 Å². The summed E-state index contributed by atoms with van der Waals surface area (Å²) in [5.41, 5.74) is 1.92. The van der Waals surface area contributed by atoms with E-state index < -0.39 is 17.2 Å². The molecule has 0 aromatic heterocycles. The normalized spacial score (nSPS) is 10.6. The first-order valence-electron chi connectivity index (χ1n) is 8.64. The fraction of sp³-hybridized carbons (Fsp3) is 0.381. The van der Waals surface area contributed by atoms with E-state index in [-0.39, 0.29) is 0 Å². The monoisotopic (exact) mass is 327 g/mol. The smallest absolute Gasteiger partial charge is 0.144 e. The van der Waals surface area contributed by atoms with Gasteiger partial charge in [0.2, 0.25) is 0 Å². The van der Waals surface area contributed by atoms with Crippen molar-refractivity contribution in [3.63, 3.8) is 0 Å². The van der Waals surface area contributed by atoms with Gasteiger partial charge in [-0.2, -0.15) is 5.26 Å². The van der Waals surface area contributed by atoms with Gasteiger partial charge in [0.1, 0.15) is 23.3 Å². The Hall–Kier alpha value is -2.21. The Morgan fingerprint density at radius 3 is 2.00 bits per heavy atom. The predicted octanol–water partition coefficient (Wildman–Crippen LogP) is 6.41. The molecular weight excluding hydrogens is 304 g/mol. The standard InChI is InChI=1S/C21H23F2N/c1-2-3-4-5-6-7-8-16-9-11-17(12-10-16)18-13-20(22)19(15-24)21(23)14-18/h9-14H,2-8H2,1H3. The van der Waals surface area contributed by atoms with Crippen molar-refractivity contribution in [2.45, 2.75) is 51.9 Å². The highest BCUT2D eigenvalue weighted by Crippen LogP contribution is 2.25. The number of hydrogen-bond acceptors (Lipinski definition) is 1. The molecule has 0 saturated carbocycles. The molecule has 2 aromatic carbocycles. The number of aryl methyl sites for hydroxylation is 1. The van der Waals surface area contributed by atoms with Crippen molar-refractivity contribution in [1.29, 1.82) is 5.26 Å². The zero-order valence-electron chi connectivity index (χ0n) is 14.1. The van der Waals surface area contributed by atoms with Crippen LogP contribution in [-0.4, -0.2) is 0 Å². The lowest BCUT2D eigenvalue weighted by Gasteiger charge is -2.06. The largest absolute Gasteiger partial charge is 0.205 e. The molecule has 24 heavy (non-hydrogen) atoms. The highest BCUT2D eigenvalue weighted by molar-refractivity contribution is 5.65. The first-order chi connectivity index (χ1) is 11.7. The number of nitrogens with zero attached hydrogens (tertiary/aromatic N) is 1. The fourth-order valence-electron chi connectivity index (χ4n) is 2.82. The zero-order chi connectivity index (χ0) is 17.4. The van der Waals surface area contributed by atoms with Crippen LogP contribution in [0.5, 0.6) is 0 Å². The first-order valence-corrected chi connectivity index (χ1v) is 8.64. The lowest BCUT2D eigenvalue weighted by atomic mass is 9.99. The third-order valence-corrected chi connectivity index (χ3v) is 4.26. The van der Waals surface area contributed by atoms with Crippen LogP contribution in [0.3, 0.4) is 0 Å². The molecule has 2 aromatic rings. The molecule has 3 heteroatoms. The Bertz CT molecular complexity index is 676. The van der Waals surface area contributed by atoms with Gasteiger partial charge in [0.05, 0.1) is 0 Å². The van der Waals surface area contributed by atoms with Crippen LogP contribution in [-0.2, 0) is 6.42 Å². The summed E-state index contributed by atoms with van der Waals surface area (Å²) in [5, 5.41) is 8.72. The summed E-state index contributed by atoms with van der Waals surface area (Å²) in [5.74, 6) is -1.63. The molecule has 0 bridgehead atoms. The van der Waals surface area contributed by atoms with Gasteiger partial charge in [-0.3, -0.25) is 0 Å². The van der Waals surface area contributed by atoms with Gasteiger partial charge in [0, 0.05) is 0 Å².